The highest BCUT2D eigenvalue weighted by Gasteiger charge is 2.15. The second kappa shape index (κ2) is 5.64. The van der Waals surface area contributed by atoms with Crippen LogP contribution >= 0.6 is 0 Å². The first kappa shape index (κ1) is 14.7. The molecule has 0 aliphatic carbocycles. The van der Waals surface area contributed by atoms with E-state index >= 15 is 0 Å². The Kier molecular flexibility index (Phi) is 3.45. The van der Waals surface area contributed by atoms with Gasteiger partial charge < -0.3 is 4.74 Å². The van der Waals surface area contributed by atoms with Crippen LogP contribution in [0.4, 0.5) is 4.48 Å². The van der Waals surface area contributed by atoms with E-state index in [1.54, 1.807) is 13.2 Å². The molecule has 0 atom stereocenters. The topological polar surface area (TPSA) is 27.1 Å². The van der Waals surface area contributed by atoms with Crippen molar-refractivity contribution in [2.24, 2.45) is 0 Å². The van der Waals surface area contributed by atoms with E-state index in [1.807, 2.05) is 43.3 Å². The van der Waals surface area contributed by atoms with Crippen LogP contribution in [0.1, 0.15) is 17.0 Å². The van der Waals surface area contributed by atoms with Crippen molar-refractivity contribution in [2.45, 2.75) is 13.3 Å². The largest absolute Gasteiger partial charge is 0.497 e. The van der Waals surface area contributed by atoms with E-state index in [0.717, 1.165) is 22.9 Å². The summed E-state index contributed by atoms with van der Waals surface area (Å²) >= 11 is 0. The molecule has 4 heteroatoms. The lowest BCUT2D eigenvalue weighted by molar-refractivity contribution is 0.399. The van der Waals surface area contributed by atoms with Gasteiger partial charge in [0, 0.05) is 29.0 Å². The molecule has 4 aromatic rings. The Morgan fingerprint density at radius 1 is 1.04 bits per heavy atom. The maximum absolute atomic E-state index is 14.8. The zero-order valence-corrected chi connectivity index (χ0v) is 13.6. The molecule has 2 aromatic heterocycles. The van der Waals surface area contributed by atoms with Gasteiger partial charge in [0.1, 0.15) is 11.3 Å². The number of aromatic nitrogens is 2. The number of benzene rings is 2. The number of aryl methyl sites for hydroxylation is 1. The Labute approximate surface area is 139 Å². The molecular weight excluding hydrogens is 303 g/mol. The van der Waals surface area contributed by atoms with Crippen molar-refractivity contribution in [1.29, 1.82) is 0 Å². The number of rotatable bonds is 3. The van der Waals surface area contributed by atoms with E-state index in [4.69, 9.17) is 4.74 Å². The highest BCUT2D eigenvalue weighted by Crippen LogP contribution is 2.33. The predicted molar refractivity (Wildman–Crippen MR) is 94.3 cm³/mol. The molecule has 0 saturated heterocycles. The lowest BCUT2D eigenvalue weighted by Crippen LogP contribution is -1.96. The molecule has 0 saturated carbocycles. The Balaban J connectivity index is 1.92. The summed E-state index contributed by atoms with van der Waals surface area (Å²) in [5.41, 5.74) is 3.85. The standard InChI is InChI=1S/C20H17FN2O/c1-13-20-18(11-15(22-13)10-14-6-4-3-5-7-14)17-9-8-16(24-2)12-19(17)23(20)21/h3-9,11-12H,10H2,1-2H3. The molecule has 0 aliphatic heterocycles. The summed E-state index contributed by atoms with van der Waals surface area (Å²) in [5.74, 6) is 0.638. The smallest absolute Gasteiger partial charge is 0.121 e. The molecule has 0 radical (unpaired) electrons. The fourth-order valence-electron chi connectivity index (χ4n) is 3.23. The van der Waals surface area contributed by atoms with Gasteiger partial charge in [0.05, 0.1) is 18.3 Å². The minimum Gasteiger partial charge on any atom is -0.497 e. The van der Waals surface area contributed by atoms with Crippen LogP contribution in [0.15, 0.2) is 54.6 Å². The van der Waals surface area contributed by atoms with Gasteiger partial charge in [0.15, 0.2) is 0 Å². The summed E-state index contributed by atoms with van der Waals surface area (Å²) in [6.07, 6.45) is 0.729. The Morgan fingerprint density at radius 3 is 2.58 bits per heavy atom. The first-order valence-corrected chi connectivity index (χ1v) is 7.86. The Morgan fingerprint density at radius 2 is 1.83 bits per heavy atom. The fourth-order valence-corrected chi connectivity index (χ4v) is 3.23. The SMILES string of the molecule is COc1ccc2c3cc(Cc4ccccc4)nc(C)c3n(F)c2c1. The van der Waals surface area contributed by atoms with Gasteiger partial charge in [-0.1, -0.05) is 34.8 Å². The van der Waals surface area contributed by atoms with Crippen molar-refractivity contribution in [1.82, 2.24) is 9.77 Å². The molecule has 3 nitrogen and oxygen atoms in total. The summed E-state index contributed by atoms with van der Waals surface area (Å²) in [7, 11) is 1.58. The Bertz CT molecular complexity index is 1040. The van der Waals surface area contributed by atoms with Gasteiger partial charge in [-0.05, 0) is 30.7 Å². The van der Waals surface area contributed by atoms with Crippen LogP contribution in [-0.4, -0.2) is 16.9 Å². The fraction of sp³-hybridized carbons (Fsp3) is 0.150. The number of halogens is 1. The molecule has 0 fully saturated rings. The van der Waals surface area contributed by atoms with E-state index in [1.165, 1.54) is 5.56 Å². The van der Waals surface area contributed by atoms with E-state index in [9.17, 15) is 4.48 Å². The summed E-state index contributed by atoms with van der Waals surface area (Å²) in [6.45, 7) is 1.85. The highest BCUT2D eigenvalue weighted by atomic mass is 19.2. The van der Waals surface area contributed by atoms with Gasteiger partial charge in [0.25, 0.3) is 0 Å². The maximum atomic E-state index is 14.8. The summed E-state index contributed by atoms with van der Waals surface area (Å²) in [5, 5.41) is 1.75. The molecule has 0 aliphatic rings. The third-order valence-corrected chi connectivity index (χ3v) is 4.35. The molecule has 24 heavy (non-hydrogen) atoms. The summed E-state index contributed by atoms with van der Waals surface area (Å²) in [4.78, 5) is 5.31. The van der Waals surface area contributed by atoms with Gasteiger partial charge >= 0.3 is 0 Å². The first-order valence-electron chi connectivity index (χ1n) is 7.86. The maximum Gasteiger partial charge on any atom is 0.121 e. The number of nitrogens with zero attached hydrogens (tertiary/aromatic N) is 2. The quantitative estimate of drug-likeness (QED) is 0.540. The van der Waals surface area contributed by atoms with Crippen molar-refractivity contribution in [2.75, 3.05) is 7.11 Å². The molecule has 2 aromatic carbocycles. The van der Waals surface area contributed by atoms with E-state index in [2.05, 4.69) is 17.1 Å². The average Bonchev–Trinajstić information content (AvgIpc) is 2.88. The molecule has 0 spiro atoms. The van der Waals surface area contributed by atoms with E-state index < -0.39 is 0 Å². The number of fused-ring (bicyclic) bond motifs is 3. The van der Waals surface area contributed by atoms with Crippen molar-refractivity contribution in [3.8, 4) is 5.75 Å². The number of hydrogen-bond acceptors (Lipinski definition) is 2. The van der Waals surface area contributed by atoms with Crippen molar-refractivity contribution >= 4 is 21.8 Å². The van der Waals surface area contributed by atoms with Crippen LogP contribution in [-0.2, 0) is 6.42 Å². The third-order valence-electron chi connectivity index (χ3n) is 4.35. The van der Waals surface area contributed by atoms with Gasteiger partial charge in [-0.2, -0.15) is 4.79 Å². The van der Waals surface area contributed by atoms with E-state index in [0.29, 0.717) is 27.3 Å². The molecule has 0 N–H and O–H groups in total. The molecule has 0 unspecified atom stereocenters. The predicted octanol–water partition coefficient (Wildman–Crippen LogP) is 4.83. The number of ether oxygens (including phenoxy) is 1. The van der Waals surface area contributed by atoms with Crippen LogP contribution in [0.2, 0.25) is 0 Å². The lowest BCUT2D eigenvalue weighted by atomic mass is 10.1. The Hall–Kier alpha value is -2.88. The number of methoxy groups -OCH3 is 1. The van der Waals surface area contributed by atoms with Crippen molar-refractivity contribution in [3.63, 3.8) is 0 Å². The second-order valence-electron chi connectivity index (χ2n) is 5.92. The molecule has 0 bridgehead atoms. The van der Waals surface area contributed by atoms with Crippen LogP contribution in [0.3, 0.4) is 0 Å². The van der Waals surface area contributed by atoms with Crippen molar-refractivity contribution < 1.29 is 9.22 Å². The summed E-state index contributed by atoms with van der Waals surface area (Å²) in [6, 6.07) is 17.6. The second-order valence-corrected chi connectivity index (χ2v) is 5.92. The number of pyridine rings is 1. The van der Waals surface area contributed by atoms with Crippen LogP contribution < -0.4 is 4.74 Å². The van der Waals surface area contributed by atoms with E-state index in [-0.39, 0.29) is 0 Å². The first-order chi connectivity index (χ1) is 11.7. The molecule has 120 valence electrons. The molecule has 4 rings (SSSR count). The van der Waals surface area contributed by atoms with Gasteiger partial charge in [0.2, 0.25) is 0 Å². The van der Waals surface area contributed by atoms with Crippen LogP contribution in [0.5, 0.6) is 5.75 Å². The van der Waals surface area contributed by atoms with Crippen molar-refractivity contribution in [3.05, 3.63) is 71.5 Å². The molecular formula is C20H17FN2O. The van der Waals surface area contributed by atoms with Crippen LogP contribution in [0.25, 0.3) is 21.8 Å². The minimum atomic E-state index is 0.506. The average molecular weight is 320 g/mol. The minimum absolute atomic E-state index is 0.506. The molecule has 0 amide bonds. The molecule has 2 heterocycles. The lowest BCUT2D eigenvalue weighted by Gasteiger charge is -2.05. The third kappa shape index (κ3) is 2.31. The van der Waals surface area contributed by atoms with Gasteiger partial charge in [-0.15, -0.1) is 0 Å². The monoisotopic (exact) mass is 320 g/mol. The summed E-state index contributed by atoms with van der Waals surface area (Å²) < 4.78 is 20.0. The zero-order chi connectivity index (χ0) is 16.7. The number of hydrogen-bond donors (Lipinski definition) is 0. The van der Waals surface area contributed by atoms with Crippen LogP contribution in [0, 0.1) is 6.92 Å². The zero-order valence-electron chi connectivity index (χ0n) is 13.6. The normalized spacial score (nSPS) is 11.3. The van der Waals surface area contributed by atoms with Gasteiger partial charge in [-0.25, -0.2) is 0 Å². The van der Waals surface area contributed by atoms with Gasteiger partial charge in [-0.3, -0.25) is 4.98 Å². The highest BCUT2D eigenvalue weighted by molar-refractivity contribution is 6.08.